The number of carbonyl (C=O) groups is 1. The highest BCUT2D eigenvalue weighted by Gasteiger charge is 2.42. The topological polar surface area (TPSA) is 57.2 Å². The average Bonchev–Trinajstić information content (AvgIpc) is 3.18. The molecule has 1 unspecified atom stereocenters. The summed E-state index contributed by atoms with van der Waals surface area (Å²) in [6.07, 6.45) is 6.38. The molecule has 4 atom stereocenters. The van der Waals surface area contributed by atoms with E-state index in [4.69, 9.17) is 30.5 Å². The van der Waals surface area contributed by atoms with E-state index in [-0.39, 0.29) is 17.2 Å². The summed E-state index contributed by atoms with van der Waals surface area (Å²) in [5, 5.41) is 0.730. The monoisotopic (exact) mass is 627 g/mol. The summed E-state index contributed by atoms with van der Waals surface area (Å²) >= 11 is 6.40. The van der Waals surface area contributed by atoms with E-state index in [0.29, 0.717) is 50.5 Å². The van der Waals surface area contributed by atoms with Crippen molar-refractivity contribution in [1.82, 2.24) is 0 Å². The van der Waals surface area contributed by atoms with E-state index in [9.17, 15) is 4.79 Å². The van der Waals surface area contributed by atoms with E-state index < -0.39 is 18.2 Å². The second-order valence-electron chi connectivity index (χ2n) is 12.0. The zero-order chi connectivity index (χ0) is 31.9. The molecule has 2 aromatic carbocycles. The van der Waals surface area contributed by atoms with E-state index in [1.54, 1.807) is 12.1 Å². The Kier molecular flexibility index (Phi) is 11.9. The molecule has 0 saturated heterocycles. The molecule has 1 aliphatic heterocycles. The van der Waals surface area contributed by atoms with E-state index in [0.717, 1.165) is 30.0 Å². The van der Waals surface area contributed by atoms with Gasteiger partial charge in [-0.3, -0.25) is 0 Å². The third kappa shape index (κ3) is 7.67. The van der Waals surface area contributed by atoms with Crippen LogP contribution in [0.5, 0.6) is 5.75 Å². The molecule has 1 heterocycles. The minimum atomic E-state index is -0.830. The van der Waals surface area contributed by atoms with Crippen LogP contribution in [0.4, 0.5) is 10.1 Å². The first-order valence-corrected chi connectivity index (χ1v) is 16.1. The van der Waals surface area contributed by atoms with Crippen LogP contribution in [0.3, 0.4) is 0 Å². The molecule has 0 bridgehead atoms. The van der Waals surface area contributed by atoms with Gasteiger partial charge in [0, 0.05) is 37.2 Å². The van der Waals surface area contributed by atoms with Gasteiger partial charge in [-0.15, -0.1) is 0 Å². The third-order valence-corrected chi connectivity index (χ3v) is 9.52. The first kappa shape index (κ1) is 34.0. The number of esters is 1. The Bertz CT molecular complexity index is 1360. The lowest BCUT2D eigenvalue weighted by atomic mass is 9.70. The predicted molar refractivity (Wildman–Crippen MR) is 175 cm³/mol. The number of fused-ring (bicyclic) bond motifs is 3. The number of hydrogen-bond donors (Lipinski definition) is 0. The summed E-state index contributed by atoms with van der Waals surface area (Å²) in [5.74, 6) is 0.205. The molecule has 240 valence electrons. The molecule has 0 N–H and O–H groups in total. The molecule has 44 heavy (non-hydrogen) atoms. The average molecular weight is 628 g/mol. The van der Waals surface area contributed by atoms with E-state index >= 15 is 4.39 Å². The minimum absolute atomic E-state index is 0.232. The fourth-order valence-electron chi connectivity index (χ4n) is 6.53. The van der Waals surface area contributed by atoms with Crippen molar-refractivity contribution in [3.8, 4) is 5.75 Å². The molecule has 4 rings (SSSR count). The normalized spacial score (nSPS) is 20.7. The fourth-order valence-corrected chi connectivity index (χ4v) is 6.73. The van der Waals surface area contributed by atoms with Crippen LogP contribution >= 0.6 is 11.6 Å². The maximum atomic E-state index is 15.6. The van der Waals surface area contributed by atoms with Crippen molar-refractivity contribution < 1.29 is 28.1 Å². The SMILES string of the molecule is C/C=C(\C)[C@@H](C)C/C=C(\F)C(OC)[C@@H](CCN1C[C@@]2(CCCc3cc(Cl)ccc32)COc2ccc(C(=O)OC)cc21)OCC. The Hall–Kier alpha value is -2.87. The smallest absolute Gasteiger partial charge is 0.337 e. The van der Waals surface area contributed by atoms with Gasteiger partial charge in [0.2, 0.25) is 0 Å². The van der Waals surface area contributed by atoms with Gasteiger partial charge >= 0.3 is 5.97 Å². The summed E-state index contributed by atoms with van der Waals surface area (Å²) in [7, 11) is 2.91. The summed E-state index contributed by atoms with van der Waals surface area (Å²) in [6, 6.07) is 11.6. The van der Waals surface area contributed by atoms with Crippen molar-refractivity contribution in [2.45, 2.75) is 77.4 Å². The van der Waals surface area contributed by atoms with E-state index in [1.807, 2.05) is 32.0 Å². The predicted octanol–water partition coefficient (Wildman–Crippen LogP) is 8.26. The van der Waals surface area contributed by atoms with Crippen LogP contribution in [0.15, 0.2) is 60.0 Å². The maximum Gasteiger partial charge on any atom is 0.337 e. The summed E-state index contributed by atoms with van der Waals surface area (Å²) in [4.78, 5) is 14.8. The number of benzene rings is 2. The zero-order valence-corrected chi connectivity index (χ0v) is 27.7. The second-order valence-corrected chi connectivity index (χ2v) is 12.5. The third-order valence-electron chi connectivity index (χ3n) is 9.29. The molecule has 0 radical (unpaired) electrons. The number of rotatable bonds is 12. The van der Waals surface area contributed by atoms with Crippen molar-refractivity contribution in [2.24, 2.45) is 5.92 Å². The Morgan fingerprint density at radius 2 is 2.02 bits per heavy atom. The number of ether oxygens (including phenoxy) is 4. The fraction of sp³-hybridized carbons (Fsp3) is 0.528. The van der Waals surface area contributed by atoms with E-state index in [2.05, 4.69) is 37.0 Å². The van der Waals surface area contributed by atoms with E-state index in [1.165, 1.54) is 30.9 Å². The lowest BCUT2D eigenvalue weighted by Gasteiger charge is -2.41. The molecule has 0 saturated carbocycles. The van der Waals surface area contributed by atoms with Crippen molar-refractivity contribution in [3.63, 3.8) is 0 Å². The van der Waals surface area contributed by atoms with Crippen molar-refractivity contribution in [2.75, 3.05) is 45.4 Å². The molecule has 0 aromatic heterocycles. The standard InChI is InChI=1S/C36H47ClFNO5/c1-7-24(3)25(4)11-15-30(38)34(41-5)33(43-8-2)17-19-39-22-36(18-9-10-26-20-28(37)13-14-29(26)36)23-44-32-16-12-27(21-31(32)39)35(40)42-6/h7,12-16,20-21,25,33-34H,8-11,17-19,22-23H2,1-6H3/b24-7+,30-15-/t25-,33+,34?,36-/m0/s1. The van der Waals surface area contributed by atoms with Gasteiger partial charge in [0.05, 0.1) is 31.1 Å². The summed E-state index contributed by atoms with van der Waals surface area (Å²) in [5.41, 5.74) is 4.68. The zero-order valence-electron chi connectivity index (χ0n) is 27.0. The van der Waals surface area contributed by atoms with Gasteiger partial charge < -0.3 is 23.8 Å². The molecule has 8 heteroatoms. The molecule has 2 aliphatic rings. The van der Waals surface area contributed by atoms with Gasteiger partial charge in [0.15, 0.2) is 0 Å². The number of halogens is 2. The number of nitrogens with zero attached hydrogens (tertiary/aromatic N) is 1. The molecule has 0 amide bonds. The Balaban J connectivity index is 1.67. The van der Waals surface area contributed by atoms with Gasteiger partial charge in [0.25, 0.3) is 0 Å². The van der Waals surface area contributed by atoms with Crippen LogP contribution in [0.25, 0.3) is 0 Å². The molecule has 2 aromatic rings. The van der Waals surface area contributed by atoms with Crippen LogP contribution in [-0.4, -0.2) is 58.7 Å². The first-order chi connectivity index (χ1) is 21.2. The highest BCUT2D eigenvalue weighted by atomic mass is 35.5. The Morgan fingerprint density at radius 1 is 1.23 bits per heavy atom. The van der Waals surface area contributed by atoms with Gasteiger partial charge in [-0.2, -0.15) is 0 Å². The lowest BCUT2D eigenvalue weighted by Crippen LogP contribution is -2.47. The van der Waals surface area contributed by atoms with Crippen LogP contribution < -0.4 is 9.64 Å². The highest BCUT2D eigenvalue weighted by molar-refractivity contribution is 6.30. The van der Waals surface area contributed by atoms with Crippen LogP contribution in [0.1, 0.15) is 74.9 Å². The first-order valence-electron chi connectivity index (χ1n) is 15.7. The maximum absolute atomic E-state index is 15.6. The molecule has 1 aliphatic carbocycles. The molecular weight excluding hydrogens is 581 g/mol. The number of methoxy groups -OCH3 is 2. The van der Waals surface area contributed by atoms with Crippen LogP contribution in [0, 0.1) is 5.92 Å². The van der Waals surface area contributed by atoms with Crippen molar-refractivity contribution in [3.05, 3.63) is 81.7 Å². The Morgan fingerprint density at radius 3 is 2.73 bits per heavy atom. The molecule has 0 fully saturated rings. The molecular formula is C36H47ClFNO5. The summed E-state index contributed by atoms with van der Waals surface area (Å²) < 4.78 is 39.0. The number of anilines is 1. The highest BCUT2D eigenvalue weighted by Crippen LogP contribution is 2.44. The largest absolute Gasteiger partial charge is 0.490 e. The quantitative estimate of drug-likeness (QED) is 0.174. The summed E-state index contributed by atoms with van der Waals surface area (Å²) in [6.45, 7) is 10.2. The lowest BCUT2D eigenvalue weighted by molar-refractivity contribution is -0.0468. The van der Waals surface area contributed by atoms with Gasteiger partial charge in [-0.1, -0.05) is 36.2 Å². The van der Waals surface area contributed by atoms with Gasteiger partial charge in [-0.05, 0) is 106 Å². The van der Waals surface area contributed by atoms with Crippen molar-refractivity contribution >= 4 is 23.3 Å². The van der Waals surface area contributed by atoms with Crippen molar-refractivity contribution in [1.29, 1.82) is 0 Å². The number of hydrogen-bond acceptors (Lipinski definition) is 6. The number of carbonyl (C=O) groups excluding carboxylic acids is 1. The van der Waals surface area contributed by atoms with Gasteiger partial charge in [0.1, 0.15) is 17.7 Å². The Labute approximate surface area is 267 Å². The molecule has 6 nitrogen and oxygen atoms in total. The number of aryl methyl sites for hydroxylation is 1. The number of allylic oxidation sites excluding steroid dienone is 3. The van der Waals surface area contributed by atoms with Gasteiger partial charge in [-0.25, -0.2) is 9.18 Å². The van der Waals surface area contributed by atoms with Crippen LogP contribution in [0.2, 0.25) is 5.02 Å². The van der Waals surface area contributed by atoms with Crippen LogP contribution in [-0.2, 0) is 26.0 Å². The molecule has 1 spiro atoms. The minimum Gasteiger partial charge on any atom is -0.490 e. The second kappa shape index (κ2) is 15.4.